The summed E-state index contributed by atoms with van der Waals surface area (Å²) in [5, 5.41) is 9.14. The van der Waals surface area contributed by atoms with Gasteiger partial charge in [0.05, 0.1) is 0 Å². The number of carboxylic acids is 1. The molecule has 13 heavy (non-hydrogen) atoms. The van der Waals surface area contributed by atoms with Crippen molar-refractivity contribution in [3.05, 3.63) is 0 Å². The van der Waals surface area contributed by atoms with E-state index in [9.17, 15) is 4.79 Å². The molecule has 2 bridgehead atoms. The Morgan fingerprint density at radius 1 is 1.15 bits per heavy atom. The van der Waals surface area contributed by atoms with Crippen LogP contribution in [0.3, 0.4) is 0 Å². The minimum atomic E-state index is -0.584. The molecule has 3 rings (SSSR count). The molecule has 72 valence electrons. The van der Waals surface area contributed by atoms with Crippen molar-refractivity contribution in [2.45, 2.75) is 50.2 Å². The van der Waals surface area contributed by atoms with Crippen LogP contribution >= 0.6 is 0 Å². The van der Waals surface area contributed by atoms with Gasteiger partial charge < -0.3 is 5.11 Å². The normalized spacial score (nSPS) is 44.2. The third-order valence-electron chi connectivity index (χ3n) is 3.86. The summed E-state index contributed by atoms with van der Waals surface area (Å²) in [6, 6.07) is 1.10. The lowest BCUT2D eigenvalue weighted by molar-refractivity contribution is -0.145. The minimum absolute atomic E-state index is 0.133. The lowest BCUT2D eigenvalue weighted by Crippen LogP contribution is -2.46. The Bertz CT molecular complexity index is 249. The summed E-state index contributed by atoms with van der Waals surface area (Å²) in [6.45, 7) is 0. The molecule has 2 aliphatic carbocycles. The third-order valence-corrected chi connectivity index (χ3v) is 3.86. The zero-order chi connectivity index (χ0) is 9.00. The molecule has 3 fully saturated rings. The van der Waals surface area contributed by atoms with Gasteiger partial charge in [0, 0.05) is 12.1 Å². The van der Waals surface area contributed by atoms with Crippen LogP contribution in [0, 0.1) is 5.92 Å². The van der Waals surface area contributed by atoms with E-state index in [4.69, 9.17) is 5.11 Å². The average Bonchev–Trinajstić information content (AvgIpc) is 2.73. The monoisotopic (exact) mass is 181 g/mol. The molecule has 1 aliphatic heterocycles. The summed E-state index contributed by atoms with van der Waals surface area (Å²) in [4.78, 5) is 13.4. The quantitative estimate of drug-likeness (QED) is 0.693. The first-order valence-electron chi connectivity index (χ1n) is 5.27. The van der Waals surface area contributed by atoms with Gasteiger partial charge in [-0.25, -0.2) is 0 Å². The van der Waals surface area contributed by atoms with Gasteiger partial charge >= 0.3 is 5.97 Å². The summed E-state index contributed by atoms with van der Waals surface area (Å²) in [7, 11) is 0. The number of carboxylic acid groups (broad SMARTS) is 1. The molecule has 3 unspecified atom stereocenters. The van der Waals surface area contributed by atoms with E-state index in [1.54, 1.807) is 0 Å². The SMILES string of the molecule is O=C(O)C1C2CCC(C2)N1C1CC1. The van der Waals surface area contributed by atoms with Crippen molar-refractivity contribution in [3.63, 3.8) is 0 Å². The van der Waals surface area contributed by atoms with Crippen molar-refractivity contribution in [3.8, 4) is 0 Å². The number of fused-ring (bicyclic) bond motifs is 2. The van der Waals surface area contributed by atoms with Crippen LogP contribution in [-0.4, -0.2) is 34.1 Å². The predicted molar refractivity (Wildman–Crippen MR) is 47.4 cm³/mol. The highest BCUT2D eigenvalue weighted by atomic mass is 16.4. The summed E-state index contributed by atoms with van der Waals surface area (Å²) in [5.74, 6) is -0.123. The Morgan fingerprint density at radius 2 is 1.85 bits per heavy atom. The number of nitrogens with zero attached hydrogens (tertiary/aromatic N) is 1. The van der Waals surface area contributed by atoms with Crippen LogP contribution in [0.4, 0.5) is 0 Å². The van der Waals surface area contributed by atoms with Crippen molar-refractivity contribution >= 4 is 5.97 Å². The van der Waals surface area contributed by atoms with E-state index in [1.165, 1.54) is 19.3 Å². The lowest BCUT2D eigenvalue weighted by Gasteiger charge is -2.32. The van der Waals surface area contributed by atoms with Gasteiger partial charge in [0.2, 0.25) is 0 Å². The Balaban J connectivity index is 1.86. The Kier molecular flexibility index (Phi) is 1.48. The molecule has 1 N–H and O–H groups in total. The van der Waals surface area contributed by atoms with Crippen molar-refractivity contribution in [1.29, 1.82) is 0 Å². The van der Waals surface area contributed by atoms with Gasteiger partial charge in [0.25, 0.3) is 0 Å². The van der Waals surface area contributed by atoms with E-state index in [0.29, 0.717) is 18.0 Å². The predicted octanol–water partition coefficient (Wildman–Crippen LogP) is 1.09. The number of likely N-dealkylation sites (tertiary alicyclic amines) is 1. The Labute approximate surface area is 77.7 Å². The first-order valence-corrected chi connectivity index (χ1v) is 5.27. The standard InChI is InChI=1S/C10H15NO2/c12-10(13)9-6-1-2-8(5-6)11(9)7-3-4-7/h6-9H,1-5H2,(H,12,13). The van der Waals surface area contributed by atoms with Gasteiger partial charge in [-0.05, 0) is 38.0 Å². The van der Waals surface area contributed by atoms with Crippen LogP contribution in [0.25, 0.3) is 0 Å². The molecule has 0 radical (unpaired) electrons. The number of rotatable bonds is 2. The van der Waals surface area contributed by atoms with Crippen LogP contribution in [0.15, 0.2) is 0 Å². The van der Waals surface area contributed by atoms with Crippen molar-refractivity contribution in [2.75, 3.05) is 0 Å². The van der Waals surface area contributed by atoms with E-state index < -0.39 is 5.97 Å². The van der Waals surface area contributed by atoms with Crippen LogP contribution in [-0.2, 0) is 4.79 Å². The van der Waals surface area contributed by atoms with Gasteiger partial charge in [-0.3, -0.25) is 9.69 Å². The fraction of sp³-hybridized carbons (Fsp3) is 0.900. The zero-order valence-corrected chi connectivity index (χ0v) is 7.65. The van der Waals surface area contributed by atoms with Gasteiger partial charge in [0.1, 0.15) is 6.04 Å². The maximum Gasteiger partial charge on any atom is 0.321 e. The van der Waals surface area contributed by atoms with Crippen molar-refractivity contribution in [1.82, 2.24) is 4.90 Å². The first kappa shape index (κ1) is 7.80. The molecule has 1 heterocycles. The molecule has 1 saturated heterocycles. The third kappa shape index (κ3) is 1.03. The molecular weight excluding hydrogens is 166 g/mol. The Hall–Kier alpha value is -0.570. The second kappa shape index (κ2) is 2.47. The van der Waals surface area contributed by atoms with Crippen LogP contribution in [0.2, 0.25) is 0 Å². The number of carbonyl (C=O) groups is 1. The van der Waals surface area contributed by atoms with E-state index in [-0.39, 0.29) is 6.04 Å². The minimum Gasteiger partial charge on any atom is -0.480 e. The fourth-order valence-corrected chi connectivity index (χ4v) is 3.25. The van der Waals surface area contributed by atoms with E-state index in [0.717, 1.165) is 12.8 Å². The maximum absolute atomic E-state index is 11.1. The number of hydrogen-bond donors (Lipinski definition) is 1. The Morgan fingerprint density at radius 3 is 2.46 bits per heavy atom. The van der Waals surface area contributed by atoms with Crippen LogP contribution < -0.4 is 0 Å². The number of piperidine rings is 1. The molecule has 0 amide bonds. The van der Waals surface area contributed by atoms with E-state index in [1.807, 2.05) is 0 Å². The van der Waals surface area contributed by atoms with E-state index in [2.05, 4.69) is 4.90 Å². The molecule has 0 spiro atoms. The van der Waals surface area contributed by atoms with Crippen LogP contribution in [0.5, 0.6) is 0 Å². The molecule has 0 aromatic rings. The molecule has 3 nitrogen and oxygen atoms in total. The van der Waals surface area contributed by atoms with Gasteiger partial charge in [0.15, 0.2) is 0 Å². The molecule has 0 aromatic heterocycles. The smallest absolute Gasteiger partial charge is 0.321 e. The molecule has 3 aliphatic rings. The summed E-state index contributed by atoms with van der Waals surface area (Å²) in [6.07, 6.45) is 5.99. The highest BCUT2D eigenvalue weighted by Gasteiger charge is 2.53. The fourth-order valence-electron chi connectivity index (χ4n) is 3.25. The molecule has 3 atom stereocenters. The zero-order valence-electron chi connectivity index (χ0n) is 7.65. The molecular formula is C10H15NO2. The molecule has 2 saturated carbocycles. The second-order valence-corrected chi connectivity index (χ2v) is 4.69. The lowest BCUT2D eigenvalue weighted by atomic mass is 9.99. The van der Waals surface area contributed by atoms with Gasteiger partial charge in [-0.1, -0.05) is 0 Å². The van der Waals surface area contributed by atoms with E-state index >= 15 is 0 Å². The number of hydrogen-bond acceptors (Lipinski definition) is 2. The molecule has 0 aromatic carbocycles. The van der Waals surface area contributed by atoms with Gasteiger partial charge in [-0.15, -0.1) is 0 Å². The summed E-state index contributed by atoms with van der Waals surface area (Å²) >= 11 is 0. The molecule has 3 heteroatoms. The topological polar surface area (TPSA) is 40.5 Å². The van der Waals surface area contributed by atoms with Gasteiger partial charge in [-0.2, -0.15) is 0 Å². The largest absolute Gasteiger partial charge is 0.480 e. The van der Waals surface area contributed by atoms with Crippen LogP contribution in [0.1, 0.15) is 32.1 Å². The second-order valence-electron chi connectivity index (χ2n) is 4.69. The number of aliphatic carboxylic acids is 1. The first-order chi connectivity index (χ1) is 6.27. The summed E-state index contributed by atoms with van der Waals surface area (Å²) in [5.41, 5.74) is 0. The van der Waals surface area contributed by atoms with Crippen molar-refractivity contribution in [2.24, 2.45) is 5.92 Å². The highest BCUT2D eigenvalue weighted by Crippen LogP contribution is 2.47. The highest BCUT2D eigenvalue weighted by molar-refractivity contribution is 5.75. The average molecular weight is 181 g/mol. The van der Waals surface area contributed by atoms with Crippen molar-refractivity contribution < 1.29 is 9.90 Å². The maximum atomic E-state index is 11.1. The summed E-state index contributed by atoms with van der Waals surface area (Å²) < 4.78 is 0.